The van der Waals surface area contributed by atoms with Crippen LogP contribution in [0.25, 0.3) is 0 Å². The average Bonchev–Trinajstić information content (AvgIpc) is 2.86. The van der Waals surface area contributed by atoms with Crippen molar-refractivity contribution >= 4 is 17.7 Å². The van der Waals surface area contributed by atoms with E-state index < -0.39 is 41.6 Å². The van der Waals surface area contributed by atoms with E-state index in [-0.39, 0.29) is 23.8 Å². The second-order valence-electron chi connectivity index (χ2n) is 10.6. The Hall–Kier alpha value is -3.33. The Labute approximate surface area is 223 Å². The molecule has 1 aliphatic heterocycles. The number of amides is 3. The number of halogens is 2. The zero-order valence-electron chi connectivity index (χ0n) is 22.8. The summed E-state index contributed by atoms with van der Waals surface area (Å²) in [4.78, 5) is 45.9. The molecule has 0 aliphatic carbocycles. The van der Waals surface area contributed by atoms with Crippen molar-refractivity contribution < 1.29 is 23.2 Å². The van der Waals surface area contributed by atoms with Crippen molar-refractivity contribution in [3.05, 3.63) is 71.3 Å². The Balaban J connectivity index is 2.04. The Kier molecular flexibility index (Phi) is 9.96. The maximum atomic E-state index is 15.2. The van der Waals surface area contributed by atoms with Crippen molar-refractivity contribution in [3.8, 4) is 0 Å². The van der Waals surface area contributed by atoms with Gasteiger partial charge >= 0.3 is 0 Å². The van der Waals surface area contributed by atoms with E-state index in [0.29, 0.717) is 32.0 Å². The first-order valence-electron chi connectivity index (χ1n) is 13.0. The molecule has 3 amide bonds. The van der Waals surface area contributed by atoms with Crippen molar-refractivity contribution in [2.24, 2.45) is 5.92 Å². The summed E-state index contributed by atoms with van der Waals surface area (Å²) < 4.78 is 29.1. The summed E-state index contributed by atoms with van der Waals surface area (Å²) in [5, 5.41) is 2.84. The molecular weight excluding hydrogens is 490 g/mol. The molecule has 0 spiro atoms. The molecule has 0 bridgehead atoms. The molecule has 7 nitrogen and oxygen atoms in total. The van der Waals surface area contributed by atoms with Crippen LogP contribution in [0.3, 0.4) is 0 Å². The summed E-state index contributed by atoms with van der Waals surface area (Å²) in [5.41, 5.74) is 0.873. The third-order valence-corrected chi connectivity index (χ3v) is 6.79. The molecule has 38 heavy (non-hydrogen) atoms. The molecule has 2 aromatic rings. The zero-order chi connectivity index (χ0) is 28.0. The van der Waals surface area contributed by atoms with Gasteiger partial charge in [-0.2, -0.15) is 0 Å². The molecule has 3 atom stereocenters. The maximum Gasteiger partial charge on any atom is 0.249 e. The van der Waals surface area contributed by atoms with Gasteiger partial charge in [0.05, 0.1) is 0 Å². The van der Waals surface area contributed by atoms with Crippen LogP contribution < -0.4 is 5.32 Å². The van der Waals surface area contributed by atoms with E-state index in [1.165, 1.54) is 15.9 Å². The molecule has 1 saturated heterocycles. The standard InChI is InChI=1S/C29H38F2N4O3/c1-19(2)17-25-27(36)32-24(14-11-20-9-7-6-8-10-20)28(37)35(25)26(22-13-12-21(30)18-23(22)31)29(38)34(5)16-15-33(3)4/h6-10,12-13,18-19,24-26H,11,14-17H2,1-5H3,(H,32,36)/t24-,25-,26-/m1/s1. The second-order valence-corrected chi connectivity index (χ2v) is 10.6. The smallest absolute Gasteiger partial charge is 0.249 e. The predicted molar refractivity (Wildman–Crippen MR) is 142 cm³/mol. The predicted octanol–water partition coefficient (Wildman–Crippen LogP) is 3.40. The quantitative estimate of drug-likeness (QED) is 0.485. The lowest BCUT2D eigenvalue weighted by molar-refractivity contribution is -0.159. The van der Waals surface area contributed by atoms with E-state index in [0.717, 1.165) is 11.6 Å². The minimum Gasteiger partial charge on any atom is -0.342 e. The normalized spacial score (nSPS) is 18.6. The van der Waals surface area contributed by atoms with Crippen LogP contribution in [0.4, 0.5) is 8.78 Å². The minimum absolute atomic E-state index is 0.0159. The number of hydrogen-bond acceptors (Lipinski definition) is 4. The van der Waals surface area contributed by atoms with Crippen molar-refractivity contribution in [3.63, 3.8) is 0 Å². The highest BCUT2D eigenvalue weighted by molar-refractivity contribution is 6.00. The van der Waals surface area contributed by atoms with E-state index >= 15 is 4.39 Å². The van der Waals surface area contributed by atoms with Crippen LogP contribution >= 0.6 is 0 Å². The van der Waals surface area contributed by atoms with Gasteiger partial charge in [0.25, 0.3) is 0 Å². The van der Waals surface area contributed by atoms with E-state index in [9.17, 15) is 18.8 Å². The Morgan fingerprint density at radius 1 is 1.03 bits per heavy atom. The van der Waals surface area contributed by atoms with E-state index in [4.69, 9.17) is 0 Å². The molecule has 1 aliphatic rings. The number of rotatable bonds is 11. The number of piperazine rings is 1. The Morgan fingerprint density at radius 2 is 1.71 bits per heavy atom. The van der Waals surface area contributed by atoms with Crippen LogP contribution in [0.1, 0.15) is 43.9 Å². The first-order valence-corrected chi connectivity index (χ1v) is 13.0. The van der Waals surface area contributed by atoms with Crippen molar-refractivity contribution in [1.82, 2.24) is 20.0 Å². The lowest BCUT2D eigenvalue weighted by Crippen LogP contribution is -2.65. The van der Waals surface area contributed by atoms with Crippen LogP contribution in [0, 0.1) is 17.6 Å². The highest BCUT2D eigenvalue weighted by Gasteiger charge is 2.47. The fourth-order valence-corrected chi connectivity index (χ4v) is 4.71. The largest absolute Gasteiger partial charge is 0.342 e. The SMILES string of the molecule is CC(C)C[C@@H]1C(=O)N[C@H](CCc2ccccc2)C(=O)N1[C@@H](C(=O)N(C)CCN(C)C)c1ccc(F)cc1F. The fourth-order valence-electron chi connectivity index (χ4n) is 4.71. The van der Waals surface area contributed by atoms with Gasteiger partial charge in [-0.25, -0.2) is 8.78 Å². The molecule has 1 N–H and O–H groups in total. The van der Waals surface area contributed by atoms with Gasteiger partial charge in [0.15, 0.2) is 0 Å². The summed E-state index contributed by atoms with van der Waals surface area (Å²) >= 11 is 0. The van der Waals surface area contributed by atoms with Crippen LogP contribution in [0.5, 0.6) is 0 Å². The number of hydrogen-bond donors (Lipinski definition) is 1. The third-order valence-electron chi connectivity index (χ3n) is 6.79. The van der Waals surface area contributed by atoms with E-state index in [2.05, 4.69) is 5.32 Å². The summed E-state index contributed by atoms with van der Waals surface area (Å²) in [6.07, 6.45) is 1.15. The van der Waals surface area contributed by atoms with Crippen LogP contribution in [0.2, 0.25) is 0 Å². The van der Waals surface area contributed by atoms with Crippen LogP contribution in [-0.2, 0) is 20.8 Å². The molecule has 1 fully saturated rings. The lowest BCUT2D eigenvalue weighted by Gasteiger charge is -2.44. The molecule has 3 rings (SSSR count). The lowest BCUT2D eigenvalue weighted by atomic mass is 9.91. The van der Waals surface area contributed by atoms with E-state index in [1.54, 1.807) is 7.05 Å². The van der Waals surface area contributed by atoms with Crippen LogP contribution in [0.15, 0.2) is 48.5 Å². The second kappa shape index (κ2) is 13.0. The summed E-state index contributed by atoms with van der Waals surface area (Å²) in [5.74, 6) is -3.08. The average molecular weight is 529 g/mol. The number of carbonyl (C=O) groups is 3. The molecular formula is C29H38F2N4O3. The zero-order valence-corrected chi connectivity index (χ0v) is 22.8. The highest BCUT2D eigenvalue weighted by Crippen LogP contribution is 2.33. The molecule has 2 aromatic carbocycles. The highest BCUT2D eigenvalue weighted by atomic mass is 19.1. The van der Waals surface area contributed by atoms with Gasteiger partial charge in [-0.05, 0) is 50.9 Å². The number of aryl methyl sites for hydroxylation is 1. The van der Waals surface area contributed by atoms with Crippen molar-refractivity contribution in [2.45, 2.75) is 51.2 Å². The van der Waals surface area contributed by atoms with Gasteiger partial charge in [0.1, 0.15) is 29.8 Å². The van der Waals surface area contributed by atoms with Gasteiger partial charge in [-0.3, -0.25) is 14.4 Å². The van der Waals surface area contributed by atoms with Crippen molar-refractivity contribution in [2.75, 3.05) is 34.2 Å². The van der Waals surface area contributed by atoms with Gasteiger partial charge in [-0.1, -0.05) is 50.2 Å². The first kappa shape index (κ1) is 29.2. The molecule has 1 heterocycles. The number of likely N-dealkylation sites (N-methyl/N-ethyl adjacent to an activating group) is 2. The summed E-state index contributed by atoms with van der Waals surface area (Å²) in [6.45, 7) is 4.70. The Bertz CT molecular complexity index is 1130. The first-order chi connectivity index (χ1) is 18.0. The van der Waals surface area contributed by atoms with Gasteiger partial charge in [0, 0.05) is 31.8 Å². The maximum absolute atomic E-state index is 15.2. The fraction of sp³-hybridized carbons (Fsp3) is 0.483. The van der Waals surface area contributed by atoms with Gasteiger partial charge in [0.2, 0.25) is 17.7 Å². The topological polar surface area (TPSA) is 73.0 Å². The molecule has 9 heteroatoms. The minimum atomic E-state index is -1.41. The van der Waals surface area contributed by atoms with E-state index in [1.807, 2.05) is 63.2 Å². The third kappa shape index (κ3) is 7.16. The summed E-state index contributed by atoms with van der Waals surface area (Å²) in [6, 6.07) is 9.27. The van der Waals surface area contributed by atoms with Crippen molar-refractivity contribution in [1.29, 1.82) is 0 Å². The molecule has 0 radical (unpaired) electrons. The number of nitrogens with one attached hydrogen (secondary N) is 1. The van der Waals surface area contributed by atoms with Crippen LogP contribution in [-0.4, -0.2) is 78.7 Å². The Morgan fingerprint density at radius 3 is 2.32 bits per heavy atom. The molecule has 206 valence electrons. The number of carbonyl (C=O) groups excluding carboxylic acids is 3. The number of benzene rings is 2. The molecule has 0 aromatic heterocycles. The van der Waals surface area contributed by atoms with Gasteiger partial charge in [-0.15, -0.1) is 0 Å². The van der Waals surface area contributed by atoms with Gasteiger partial charge < -0.3 is 20.0 Å². The number of nitrogens with zero attached hydrogens (tertiary/aromatic N) is 3. The summed E-state index contributed by atoms with van der Waals surface area (Å²) in [7, 11) is 5.31. The monoisotopic (exact) mass is 528 g/mol. The molecule has 0 unspecified atom stereocenters. The molecule has 0 saturated carbocycles.